The van der Waals surface area contributed by atoms with Gasteiger partial charge in [0.25, 0.3) is 5.91 Å². The molecule has 92 valence electrons. The minimum atomic E-state index is 0.0541. The molecule has 1 amide bonds. The Morgan fingerprint density at radius 3 is 2.71 bits per heavy atom. The van der Waals surface area contributed by atoms with Gasteiger partial charge in [0.1, 0.15) is 0 Å². The van der Waals surface area contributed by atoms with E-state index in [0.717, 1.165) is 32.6 Å². The summed E-state index contributed by atoms with van der Waals surface area (Å²) in [5.41, 5.74) is 7.02. The Morgan fingerprint density at radius 2 is 1.94 bits per heavy atom. The normalized spacial score (nSPS) is 17.8. The summed E-state index contributed by atoms with van der Waals surface area (Å²) in [6.07, 6.45) is 1.02. The summed E-state index contributed by atoms with van der Waals surface area (Å²) in [5, 5.41) is 0. The van der Waals surface area contributed by atoms with Crippen LogP contribution in [0.3, 0.4) is 0 Å². The lowest BCUT2D eigenvalue weighted by molar-refractivity contribution is 0.0764. The van der Waals surface area contributed by atoms with Crippen LogP contribution in [0.4, 0.5) is 5.69 Å². The van der Waals surface area contributed by atoms with Crippen LogP contribution in [0.2, 0.25) is 0 Å². The van der Waals surface area contributed by atoms with Gasteiger partial charge in [0.05, 0.1) is 5.56 Å². The van der Waals surface area contributed by atoms with Gasteiger partial charge in [-0.25, -0.2) is 0 Å². The zero-order valence-electron chi connectivity index (χ0n) is 10.2. The lowest BCUT2D eigenvalue weighted by Gasteiger charge is -2.21. The molecule has 4 nitrogen and oxygen atoms in total. The van der Waals surface area contributed by atoms with Gasteiger partial charge in [-0.3, -0.25) is 4.79 Å². The van der Waals surface area contributed by atoms with Gasteiger partial charge in [0.15, 0.2) is 0 Å². The Bertz CT molecular complexity index is 405. The Morgan fingerprint density at radius 1 is 1.18 bits per heavy atom. The SMILES string of the molecule is CN1CCCN(C(=O)c2ccccc2N)CC1. The minimum absolute atomic E-state index is 0.0541. The molecule has 0 bridgehead atoms. The van der Waals surface area contributed by atoms with Crippen molar-refractivity contribution in [2.75, 3.05) is 39.0 Å². The average molecular weight is 233 g/mol. The van der Waals surface area contributed by atoms with E-state index in [-0.39, 0.29) is 5.91 Å². The van der Waals surface area contributed by atoms with Crippen LogP contribution in [-0.2, 0) is 0 Å². The maximum Gasteiger partial charge on any atom is 0.255 e. The zero-order valence-corrected chi connectivity index (χ0v) is 10.2. The summed E-state index contributed by atoms with van der Waals surface area (Å²) in [5.74, 6) is 0.0541. The quantitative estimate of drug-likeness (QED) is 0.738. The predicted molar refractivity (Wildman–Crippen MR) is 68.9 cm³/mol. The monoisotopic (exact) mass is 233 g/mol. The van der Waals surface area contributed by atoms with Crippen LogP contribution in [0.1, 0.15) is 16.8 Å². The van der Waals surface area contributed by atoms with E-state index in [1.807, 2.05) is 17.0 Å². The van der Waals surface area contributed by atoms with Gasteiger partial charge in [0, 0.05) is 25.3 Å². The number of benzene rings is 1. The summed E-state index contributed by atoms with van der Waals surface area (Å²) in [7, 11) is 2.09. The Labute approximate surface area is 102 Å². The van der Waals surface area contributed by atoms with E-state index in [9.17, 15) is 4.79 Å². The molecular formula is C13H19N3O. The molecule has 1 heterocycles. The van der Waals surface area contributed by atoms with Crippen molar-refractivity contribution in [3.05, 3.63) is 29.8 Å². The van der Waals surface area contributed by atoms with Crippen molar-refractivity contribution < 1.29 is 4.79 Å². The molecule has 1 fully saturated rings. The molecule has 4 heteroatoms. The summed E-state index contributed by atoms with van der Waals surface area (Å²) in [6.45, 7) is 3.58. The Balaban J connectivity index is 2.12. The number of hydrogen-bond acceptors (Lipinski definition) is 3. The summed E-state index contributed by atoms with van der Waals surface area (Å²) >= 11 is 0. The van der Waals surface area contributed by atoms with Gasteiger partial charge >= 0.3 is 0 Å². The second-order valence-corrected chi connectivity index (χ2v) is 4.54. The standard InChI is InChI=1S/C13H19N3O/c1-15-7-4-8-16(10-9-15)13(17)11-5-2-3-6-12(11)14/h2-3,5-6H,4,7-10,14H2,1H3. The van der Waals surface area contributed by atoms with Crippen LogP contribution in [0.15, 0.2) is 24.3 Å². The van der Waals surface area contributed by atoms with Gasteiger partial charge in [0.2, 0.25) is 0 Å². The van der Waals surface area contributed by atoms with Gasteiger partial charge in [-0.15, -0.1) is 0 Å². The van der Waals surface area contributed by atoms with Crippen molar-refractivity contribution in [3.8, 4) is 0 Å². The highest BCUT2D eigenvalue weighted by molar-refractivity contribution is 5.99. The third-order valence-corrected chi connectivity index (χ3v) is 3.20. The van der Waals surface area contributed by atoms with Crippen LogP contribution >= 0.6 is 0 Å². The number of hydrogen-bond donors (Lipinski definition) is 1. The number of nitrogens with zero attached hydrogens (tertiary/aromatic N) is 2. The van der Waals surface area contributed by atoms with Gasteiger partial charge in [-0.05, 0) is 32.1 Å². The van der Waals surface area contributed by atoms with E-state index < -0.39 is 0 Å². The van der Waals surface area contributed by atoms with Gasteiger partial charge in [-0.1, -0.05) is 12.1 Å². The Kier molecular flexibility index (Phi) is 3.64. The van der Waals surface area contributed by atoms with Crippen LogP contribution in [0.5, 0.6) is 0 Å². The van der Waals surface area contributed by atoms with Crippen molar-refractivity contribution in [1.29, 1.82) is 0 Å². The van der Waals surface area contributed by atoms with E-state index in [2.05, 4.69) is 11.9 Å². The number of likely N-dealkylation sites (N-methyl/N-ethyl adjacent to an activating group) is 1. The summed E-state index contributed by atoms with van der Waals surface area (Å²) in [4.78, 5) is 16.5. The van der Waals surface area contributed by atoms with E-state index in [1.165, 1.54) is 0 Å². The first-order valence-electron chi connectivity index (χ1n) is 6.01. The third kappa shape index (κ3) is 2.77. The molecule has 0 aliphatic carbocycles. The summed E-state index contributed by atoms with van der Waals surface area (Å²) < 4.78 is 0. The van der Waals surface area contributed by atoms with Gasteiger partial charge in [-0.2, -0.15) is 0 Å². The molecule has 1 aromatic carbocycles. The first-order valence-corrected chi connectivity index (χ1v) is 6.01. The third-order valence-electron chi connectivity index (χ3n) is 3.20. The minimum Gasteiger partial charge on any atom is -0.398 e. The maximum absolute atomic E-state index is 12.3. The first kappa shape index (κ1) is 11.9. The number of anilines is 1. The topological polar surface area (TPSA) is 49.6 Å². The number of carbonyl (C=O) groups is 1. The highest BCUT2D eigenvalue weighted by Gasteiger charge is 2.19. The summed E-state index contributed by atoms with van der Waals surface area (Å²) in [6, 6.07) is 7.28. The number of rotatable bonds is 1. The lowest BCUT2D eigenvalue weighted by atomic mass is 10.1. The fourth-order valence-electron chi connectivity index (χ4n) is 2.11. The van der Waals surface area contributed by atoms with Crippen LogP contribution < -0.4 is 5.73 Å². The Hall–Kier alpha value is -1.55. The van der Waals surface area contributed by atoms with Crippen molar-refractivity contribution in [1.82, 2.24) is 9.80 Å². The van der Waals surface area contributed by atoms with E-state index >= 15 is 0 Å². The first-order chi connectivity index (χ1) is 8.18. The van der Waals surface area contributed by atoms with Gasteiger partial charge < -0.3 is 15.5 Å². The molecule has 1 aliphatic rings. The molecule has 1 saturated heterocycles. The molecule has 0 atom stereocenters. The van der Waals surface area contributed by atoms with Crippen LogP contribution in [-0.4, -0.2) is 48.9 Å². The fourth-order valence-corrected chi connectivity index (χ4v) is 2.11. The molecule has 2 N–H and O–H groups in total. The largest absolute Gasteiger partial charge is 0.398 e. The molecular weight excluding hydrogens is 214 g/mol. The van der Waals surface area contributed by atoms with Crippen LogP contribution in [0.25, 0.3) is 0 Å². The molecule has 2 rings (SSSR count). The van der Waals surface area contributed by atoms with Crippen molar-refractivity contribution in [3.63, 3.8) is 0 Å². The second kappa shape index (κ2) is 5.19. The van der Waals surface area contributed by atoms with E-state index in [1.54, 1.807) is 12.1 Å². The molecule has 0 unspecified atom stereocenters. The van der Waals surface area contributed by atoms with Crippen molar-refractivity contribution >= 4 is 11.6 Å². The zero-order chi connectivity index (χ0) is 12.3. The van der Waals surface area contributed by atoms with Crippen LogP contribution in [0, 0.1) is 0 Å². The average Bonchev–Trinajstić information content (AvgIpc) is 2.54. The molecule has 0 spiro atoms. The number of nitrogens with two attached hydrogens (primary N) is 1. The number of amides is 1. The highest BCUT2D eigenvalue weighted by atomic mass is 16.2. The number of nitrogen functional groups attached to an aromatic ring is 1. The van der Waals surface area contributed by atoms with E-state index in [0.29, 0.717) is 11.3 Å². The maximum atomic E-state index is 12.3. The molecule has 0 radical (unpaired) electrons. The van der Waals surface area contributed by atoms with Crippen molar-refractivity contribution in [2.45, 2.75) is 6.42 Å². The molecule has 0 aromatic heterocycles. The number of carbonyl (C=O) groups excluding carboxylic acids is 1. The highest BCUT2D eigenvalue weighted by Crippen LogP contribution is 2.14. The fraction of sp³-hybridized carbons (Fsp3) is 0.462. The molecule has 0 saturated carbocycles. The molecule has 17 heavy (non-hydrogen) atoms. The molecule has 1 aliphatic heterocycles. The lowest BCUT2D eigenvalue weighted by Crippen LogP contribution is -2.34. The van der Waals surface area contributed by atoms with Crippen molar-refractivity contribution in [2.24, 2.45) is 0 Å². The predicted octanol–water partition coefficient (Wildman–Crippen LogP) is 1.05. The molecule has 1 aromatic rings. The smallest absolute Gasteiger partial charge is 0.255 e. The second-order valence-electron chi connectivity index (χ2n) is 4.54. The number of para-hydroxylation sites is 1. The van der Waals surface area contributed by atoms with E-state index in [4.69, 9.17) is 5.73 Å².